The first-order chi connectivity index (χ1) is 7.84. The molecular formula is C9H17NO6S. The van der Waals surface area contributed by atoms with E-state index in [0.717, 1.165) is 0 Å². The molecule has 0 radical (unpaired) electrons. The second-order valence-electron chi connectivity index (χ2n) is 3.45. The predicted octanol–water partition coefficient (Wildman–Crippen LogP) is -2.19. The lowest BCUT2D eigenvalue weighted by Gasteiger charge is -2.25. The van der Waals surface area contributed by atoms with Crippen molar-refractivity contribution in [1.82, 2.24) is 0 Å². The Morgan fingerprint density at radius 1 is 1.24 bits per heavy atom. The lowest BCUT2D eigenvalue weighted by molar-refractivity contribution is -0.101. The molecule has 0 aliphatic carbocycles. The Kier molecular flexibility index (Phi) is 7.35. The van der Waals surface area contributed by atoms with Crippen molar-refractivity contribution < 1.29 is 30.3 Å². The van der Waals surface area contributed by atoms with Gasteiger partial charge < -0.3 is 30.3 Å². The number of hydrogen-bond acceptors (Lipinski definition) is 8. The Balaban J connectivity index is 4.43. The van der Waals surface area contributed by atoms with Crippen LogP contribution in [-0.2, 0) is 4.74 Å². The maximum Gasteiger partial charge on any atom is 0.185 e. The van der Waals surface area contributed by atoms with Gasteiger partial charge in [-0.15, -0.1) is 0 Å². The summed E-state index contributed by atoms with van der Waals surface area (Å²) in [5.41, 5.74) is 0. The van der Waals surface area contributed by atoms with Crippen LogP contribution in [-0.4, -0.2) is 74.4 Å². The van der Waals surface area contributed by atoms with Crippen LogP contribution < -0.4 is 0 Å². The van der Waals surface area contributed by atoms with Crippen LogP contribution in [0.2, 0.25) is 0 Å². The van der Waals surface area contributed by atoms with E-state index in [0.29, 0.717) is 0 Å². The highest BCUT2D eigenvalue weighted by Gasteiger charge is 2.32. The molecule has 0 unspecified atom stereocenters. The van der Waals surface area contributed by atoms with E-state index in [9.17, 15) is 15.3 Å². The van der Waals surface area contributed by atoms with E-state index in [1.54, 1.807) is 0 Å². The maximum atomic E-state index is 9.55. The van der Waals surface area contributed by atoms with Crippen LogP contribution in [0.4, 0.5) is 0 Å². The maximum absolute atomic E-state index is 9.55. The SMILES string of the molecule is COC(=N)CC(=S)[C@@H](O)[C@H](O)[C@H](O)[C@@H](O)CO. The standard InChI is InChI=1S/C9H17NO6S/c1-16-6(10)2-5(17)8(14)9(15)7(13)4(12)3-11/h4,7-15H,2-3H2,1H3/t4-,7+,8+,9+/m0/s1. The van der Waals surface area contributed by atoms with Crippen molar-refractivity contribution in [2.75, 3.05) is 13.7 Å². The normalized spacial score (nSPS) is 18.0. The topological polar surface area (TPSA) is 134 Å². The van der Waals surface area contributed by atoms with Crippen molar-refractivity contribution >= 4 is 23.0 Å². The first-order valence-electron chi connectivity index (χ1n) is 4.82. The fraction of sp³-hybridized carbons (Fsp3) is 0.778. The number of methoxy groups -OCH3 is 1. The number of nitrogens with one attached hydrogen (secondary N) is 1. The molecule has 0 amide bonds. The summed E-state index contributed by atoms with van der Waals surface area (Å²) in [4.78, 5) is -0.103. The number of hydrogen-bond donors (Lipinski definition) is 6. The Morgan fingerprint density at radius 2 is 1.76 bits per heavy atom. The summed E-state index contributed by atoms with van der Waals surface area (Å²) in [6.07, 6.45) is -6.83. The van der Waals surface area contributed by atoms with Gasteiger partial charge in [-0.05, 0) is 0 Å². The van der Waals surface area contributed by atoms with Gasteiger partial charge in [0.2, 0.25) is 0 Å². The summed E-state index contributed by atoms with van der Waals surface area (Å²) in [5.74, 6) is -0.196. The molecule has 0 aliphatic rings. The third-order valence-corrected chi connectivity index (χ3v) is 2.55. The van der Waals surface area contributed by atoms with Gasteiger partial charge in [0.15, 0.2) is 5.90 Å². The van der Waals surface area contributed by atoms with Gasteiger partial charge in [0.25, 0.3) is 0 Å². The molecule has 4 atom stereocenters. The fourth-order valence-electron chi connectivity index (χ4n) is 1.05. The van der Waals surface area contributed by atoms with E-state index in [4.69, 9.17) is 27.8 Å². The van der Waals surface area contributed by atoms with Crippen LogP contribution in [0.25, 0.3) is 0 Å². The Bertz CT molecular complexity index is 274. The number of aliphatic hydroxyl groups is 5. The van der Waals surface area contributed by atoms with Crippen LogP contribution in [0.15, 0.2) is 0 Å². The minimum Gasteiger partial charge on any atom is -0.484 e. The molecule has 17 heavy (non-hydrogen) atoms. The lowest BCUT2D eigenvalue weighted by Crippen LogP contribution is -2.48. The van der Waals surface area contributed by atoms with E-state index >= 15 is 0 Å². The van der Waals surface area contributed by atoms with Crippen molar-refractivity contribution in [3.63, 3.8) is 0 Å². The molecule has 0 saturated carbocycles. The molecule has 0 rings (SSSR count). The van der Waals surface area contributed by atoms with Gasteiger partial charge in [0.05, 0.1) is 20.1 Å². The monoisotopic (exact) mass is 267 g/mol. The zero-order chi connectivity index (χ0) is 13.6. The molecule has 0 aromatic rings. The summed E-state index contributed by atoms with van der Waals surface area (Å²) < 4.78 is 4.53. The number of aliphatic hydroxyl groups excluding tert-OH is 5. The smallest absolute Gasteiger partial charge is 0.185 e. The van der Waals surface area contributed by atoms with Crippen molar-refractivity contribution in [3.8, 4) is 0 Å². The second-order valence-corrected chi connectivity index (χ2v) is 3.97. The number of rotatable bonds is 7. The van der Waals surface area contributed by atoms with Crippen molar-refractivity contribution in [3.05, 3.63) is 0 Å². The van der Waals surface area contributed by atoms with Crippen molar-refractivity contribution in [2.45, 2.75) is 30.8 Å². The minimum absolute atomic E-state index is 0.103. The zero-order valence-corrected chi connectivity index (χ0v) is 10.1. The van der Waals surface area contributed by atoms with Gasteiger partial charge in [-0.25, -0.2) is 0 Å². The molecule has 0 saturated heterocycles. The third-order valence-electron chi connectivity index (χ3n) is 2.17. The average Bonchev–Trinajstić information content (AvgIpc) is 2.34. The quantitative estimate of drug-likeness (QED) is 0.175. The summed E-state index contributed by atoms with van der Waals surface area (Å²) >= 11 is 4.75. The molecule has 0 fully saturated rings. The van der Waals surface area contributed by atoms with E-state index in [-0.39, 0.29) is 17.2 Å². The van der Waals surface area contributed by atoms with E-state index in [2.05, 4.69) is 4.74 Å². The van der Waals surface area contributed by atoms with Gasteiger partial charge in [-0.2, -0.15) is 0 Å². The lowest BCUT2D eigenvalue weighted by atomic mass is 10.00. The van der Waals surface area contributed by atoms with E-state index in [1.165, 1.54) is 7.11 Å². The Morgan fingerprint density at radius 3 is 2.18 bits per heavy atom. The molecule has 7 nitrogen and oxygen atoms in total. The Hall–Kier alpha value is -0.640. The van der Waals surface area contributed by atoms with Gasteiger partial charge in [-0.3, -0.25) is 5.41 Å². The summed E-state index contributed by atoms with van der Waals surface area (Å²) in [6.45, 7) is -0.758. The van der Waals surface area contributed by atoms with Crippen LogP contribution in [0, 0.1) is 5.41 Å². The van der Waals surface area contributed by atoms with Gasteiger partial charge in [0, 0.05) is 4.86 Å². The molecular weight excluding hydrogens is 250 g/mol. The molecule has 0 spiro atoms. The van der Waals surface area contributed by atoms with Gasteiger partial charge in [0.1, 0.15) is 24.4 Å². The van der Waals surface area contributed by atoms with Crippen LogP contribution in [0.5, 0.6) is 0 Å². The van der Waals surface area contributed by atoms with Gasteiger partial charge >= 0.3 is 0 Å². The number of thiocarbonyl (C=S) groups is 1. The first-order valence-corrected chi connectivity index (χ1v) is 5.23. The summed E-state index contributed by atoms with van der Waals surface area (Å²) in [6, 6.07) is 0. The molecule has 0 aromatic carbocycles. The largest absolute Gasteiger partial charge is 0.484 e. The molecule has 0 aromatic heterocycles. The van der Waals surface area contributed by atoms with E-state index < -0.39 is 31.0 Å². The zero-order valence-electron chi connectivity index (χ0n) is 9.28. The van der Waals surface area contributed by atoms with Gasteiger partial charge in [-0.1, -0.05) is 12.2 Å². The highest BCUT2D eigenvalue weighted by molar-refractivity contribution is 7.80. The molecule has 100 valence electrons. The Labute approximate surface area is 104 Å². The van der Waals surface area contributed by atoms with Crippen LogP contribution >= 0.6 is 12.2 Å². The molecule has 0 heterocycles. The fourth-order valence-corrected chi connectivity index (χ4v) is 1.32. The predicted molar refractivity (Wildman–Crippen MR) is 63.1 cm³/mol. The van der Waals surface area contributed by atoms with Crippen molar-refractivity contribution in [1.29, 1.82) is 5.41 Å². The highest BCUT2D eigenvalue weighted by Crippen LogP contribution is 2.09. The molecule has 6 N–H and O–H groups in total. The first kappa shape index (κ1) is 16.4. The highest BCUT2D eigenvalue weighted by atomic mass is 32.1. The van der Waals surface area contributed by atoms with Crippen LogP contribution in [0.1, 0.15) is 6.42 Å². The molecule has 8 heteroatoms. The third kappa shape index (κ3) is 5.02. The van der Waals surface area contributed by atoms with E-state index in [1.807, 2.05) is 0 Å². The molecule has 0 bridgehead atoms. The molecule has 0 aliphatic heterocycles. The van der Waals surface area contributed by atoms with Crippen LogP contribution in [0.3, 0.4) is 0 Å². The summed E-state index contributed by atoms with van der Waals surface area (Å²) in [5, 5.41) is 53.2. The van der Waals surface area contributed by atoms with Crippen molar-refractivity contribution in [2.24, 2.45) is 0 Å². The minimum atomic E-state index is -1.74. The summed E-state index contributed by atoms with van der Waals surface area (Å²) in [7, 11) is 1.26. The number of ether oxygens (including phenoxy) is 1. The average molecular weight is 267 g/mol. The second kappa shape index (κ2) is 7.64.